The molecule has 1 atom stereocenters. The second-order valence-corrected chi connectivity index (χ2v) is 8.13. The first-order chi connectivity index (χ1) is 13.2. The number of benzene rings is 2. The number of nitrogens with two attached hydrogens (primary N) is 1. The van der Waals surface area contributed by atoms with Crippen molar-refractivity contribution in [3.63, 3.8) is 0 Å². The normalized spacial score (nSPS) is 17.4. The number of carbonyl (C=O) groups excluding carboxylic acids is 1. The van der Waals surface area contributed by atoms with E-state index in [1.54, 1.807) is 0 Å². The Morgan fingerprint density at radius 2 is 1.86 bits per heavy atom. The first-order valence-corrected chi connectivity index (χ1v) is 9.70. The van der Waals surface area contributed by atoms with Crippen LogP contribution in [-0.4, -0.2) is 19.3 Å². The molecule has 1 heterocycles. The number of hydrogen-bond donors (Lipinski definition) is 1. The lowest BCUT2D eigenvalue weighted by atomic mass is 9.80. The van der Waals surface area contributed by atoms with Crippen LogP contribution >= 0.6 is 0 Å². The molecule has 1 aliphatic heterocycles. The predicted octanol–water partition coefficient (Wildman–Crippen LogP) is 5.31. The van der Waals surface area contributed by atoms with Crippen LogP contribution in [0.25, 0.3) is 11.1 Å². The van der Waals surface area contributed by atoms with E-state index in [0.29, 0.717) is 13.2 Å². The van der Waals surface area contributed by atoms with E-state index in [4.69, 9.17) is 19.9 Å². The third kappa shape index (κ3) is 3.93. The van der Waals surface area contributed by atoms with Crippen molar-refractivity contribution in [2.45, 2.75) is 47.1 Å². The number of rotatable bonds is 5. The van der Waals surface area contributed by atoms with Gasteiger partial charge in [-0.05, 0) is 60.7 Å². The molecule has 1 amide bonds. The van der Waals surface area contributed by atoms with E-state index in [9.17, 15) is 4.79 Å². The molecular formula is C23H29NO4. The average Bonchev–Trinajstić information content (AvgIpc) is 2.63. The van der Waals surface area contributed by atoms with Crippen molar-refractivity contribution in [1.82, 2.24) is 0 Å². The van der Waals surface area contributed by atoms with Gasteiger partial charge in [0.2, 0.25) is 0 Å². The molecule has 0 radical (unpaired) electrons. The maximum Gasteiger partial charge on any atom is 0.405 e. The van der Waals surface area contributed by atoms with Gasteiger partial charge in [-0.15, -0.1) is 0 Å². The van der Waals surface area contributed by atoms with Gasteiger partial charge in [-0.25, -0.2) is 4.79 Å². The second-order valence-electron chi connectivity index (χ2n) is 8.13. The highest BCUT2D eigenvalue weighted by atomic mass is 16.6. The smallest absolute Gasteiger partial charge is 0.405 e. The lowest BCUT2D eigenvalue weighted by Gasteiger charge is -2.38. The molecule has 2 aromatic rings. The highest BCUT2D eigenvalue weighted by Gasteiger charge is 2.40. The fourth-order valence-electron chi connectivity index (χ4n) is 3.70. The minimum absolute atomic E-state index is 0.352. The first-order valence-electron chi connectivity index (χ1n) is 9.70. The summed E-state index contributed by atoms with van der Waals surface area (Å²) >= 11 is 0. The maximum atomic E-state index is 11.4. The Morgan fingerprint density at radius 3 is 2.46 bits per heavy atom. The molecule has 0 aromatic heterocycles. The van der Waals surface area contributed by atoms with Crippen LogP contribution < -0.4 is 15.2 Å². The van der Waals surface area contributed by atoms with Gasteiger partial charge in [0, 0.05) is 11.0 Å². The molecule has 5 heteroatoms. The number of carbonyl (C=O) groups is 1. The molecule has 0 saturated heterocycles. The van der Waals surface area contributed by atoms with Gasteiger partial charge < -0.3 is 19.9 Å². The van der Waals surface area contributed by atoms with Crippen molar-refractivity contribution in [3.05, 3.63) is 47.0 Å². The monoisotopic (exact) mass is 383 g/mol. The molecule has 150 valence electrons. The van der Waals surface area contributed by atoms with E-state index >= 15 is 0 Å². The highest BCUT2D eigenvalue weighted by Crippen LogP contribution is 2.46. The molecule has 2 aromatic carbocycles. The summed E-state index contributed by atoms with van der Waals surface area (Å²) in [5.41, 5.74) is 10.1. The van der Waals surface area contributed by atoms with E-state index in [0.717, 1.165) is 45.7 Å². The Bertz CT molecular complexity index is 865. The minimum Gasteiger partial charge on any atom is -0.493 e. The van der Waals surface area contributed by atoms with Gasteiger partial charge in [0.25, 0.3) is 0 Å². The van der Waals surface area contributed by atoms with Crippen LogP contribution in [-0.2, 0) is 4.74 Å². The number of fused-ring (bicyclic) bond motifs is 1. The van der Waals surface area contributed by atoms with E-state index in [1.165, 1.54) is 0 Å². The lowest BCUT2D eigenvalue weighted by Crippen LogP contribution is -2.37. The summed E-state index contributed by atoms with van der Waals surface area (Å²) in [4.78, 5) is 11.4. The Kier molecular flexibility index (Phi) is 5.54. The van der Waals surface area contributed by atoms with Gasteiger partial charge >= 0.3 is 6.09 Å². The standard InChI is InChI=1S/C23H29NO4/c1-6-9-26-20-14(2)10-17(11-15(20)3)16-7-8-18-19(12-16)27-13-23(4,5)21(18)28-22(24)25/h7-8,10-12,21H,6,9,13H2,1-5H3,(H2,24,25). The number of ether oxygens (including phenoxy) is 3. The van der Waals surface area contributed by atoms with Gasteiger partial charge in [-0.2, -0.15) is 0 Å². The van der Waals surface area contributed by atoms with Crippen molar-refractivity contribution in [2.24, 2.45) is 11.1 Å². The van der Waals surface area contributed by atoms with Gasteiger partial charge in [0.15, 0.2) is 0 Å². The predicted molar refractivity (Wildman–Crippen MR) is 110 cm³/mol. The molecule has 0 saturated carbocycles. The molecule has 0 fully saturated rings. The molecular weight excluding hydrogens is 354 g/mol. The summed E-state index contributed by atoms with van der Waals surface area (Å²) < 4.78 is 17.3. The highest BCUT2D eigenvalue weighted by molar-refractivity contribution is 5.70. The maximum absolute atomic E-state index is 11.4. The van der Waals surface area contributed by atoms with E-state index in [1.807, 2.05) is 32.0 Å². The zero-order valence-corrected chi connectivity index (χ0v) is 17.3. The molecule has 1 aliphatic rings. The Hall–Kier alpha value is -2.69. The summed E-state index contributed by atoms with van der Waals surface area (Å²) in [7, 11) is 0. The van der Waals surface area contributed by atoms with Crippen molar-refractivity contribution in [3.8, 4) is 22.6 Å². The van der Waals surface area contributed by atoms with Gasteiger partial charge in [0.1, 0.15) is 17.6 Å². The summed E-state index contributed by atoms with van der Waals surface area (Å²) in [5, 5.41) is 0. The van der Waals surface area contributed by atoms with Crippen LogP contribution in [0, 0.1) is 19.3 Å². The Morgan fingerprint density at radius 1 is 1.18 bits per heavy atom. The summed E-state index contributed by atoms with van der Waals surface area (Å²) in [6.45, 7) is 11.4. The average molecular weight is 383 g/mol. The molecule has 28 heavy (non-hydrogen) atoms. The molecule has 2 N–H and O–H groups in total. The lowest BCUT2D eigenvalue weighted by molar-refractivity contribution is -0.0176. The van der Waals surface area contributed by atoms with Crippen LogP contribution in [0.4, 0.5) is 4.79 Å². The second kappa shape index (κ2) is 7.74. The minimum atomic E-state index is -0.774. The summed E-state index contributed by atoms with van der Waals surface area (Å²) in [6, 6.07) is 10.3. The SMILES string of the molecule is CCCOc1c(C)cc(-c2ccc3c(c2)OCC(C)(C)C3OC(N)=O)cc1C. The molecule has 5 nitrogen and oxygen atoms in total. The third-order valence-electron chi connectivity index (χ3n) is 5.08. The quantitative estimate of drug-likeness (QED) is 0.759. The fraction of sp³-hybridized carbons (Fsp3) is 0.435. The van der Waals surface area contributed by atoms with Crippen molar-refractivity contribution >= 4 is 6.09 Å². The van der Waals surface area contributed by atoms with Crippen molar-refractivity contribution in [2.75, 3.05) is 13.2 Å². The van der Waals surface area contributed by atoms with Crippen LogP contribution in [0.1, 0.15) is 50.0 Å². The molecule has 0 bridgehead atoms. The van der Waals surface area contributed by atoms with Crippen LogP contribution in [0.2, 0.25) is 0 Å². The summed E-state index contributed by atoms with van der Waals surface area (Å²) in [6.07, 6.45) is -0.228. The van der Waals surface area contributed by atoms with Crippen LogP contribution in [0.5, 0.6) is 11.5 Å². The molecule has 1 unspecified atom stereocenters. The number of amides is 1. The Labute approximate surface area is 166 Å². The van der Waals surface area contributed by atoms with Gasteiger partial charge in [-0.1, -0.05) is 32.9 Å². The molecule has 0 spiro atoms. The van der Waals surface area contributed by atoms with Gasteiger partial charge in [-0.3, -0.25) is 0 Å². The van der Waals surface area contributed by atoms with Crippen LogP contribution in [0.3, 0.4) is 0 Å². The van der Waals surface area contributed by atoms with E-state index in [2.05, 4.69) is 32.9 Å². The topological polar surface area (TPSA) is 70.8 Å². The first kappa shape index (κ1) is 20.1. The largest absolute Gasteiger partial charge is 0.493 e. The Balaban J connectivity index is 1.97. The zero-order valence-electron chi connectivity index (χ0n) is 17.3. The number of aryl methyl sites for hydroxylation is 2. The van der Waals surface area contributed by atoms with Crippen molar-refractivity contribution < 1.29 is 19.0 Å². The number of hydrogen-bond acceptors (Lipinski definition) is 4. The fourth-order valence-corrected chi connectivity index (χ4v) is 3.70. The molecule has 3 rings (SSSR count). The van der Waals surface area contributed by atoms with E-state index in [-0.39, 0.29) is 5.41 Å². The number of primary amides is 1. The third-order valence-corrected chi connectivity index (χ3v) is 5.08. The summed E-state index contributed by atoms with van der Waals surface area (Å²) in [5.74, 6) is 1.68. The van der Waals surface area contributed by atoms with Crippen LogP contribution in [0.15, 0.2) is 30.3 Å². The van der Waals surface area contributed by atoms with E-state index < -0.39 is 12.2 Å². The van der Waals surface area contributed by atoms with Crippen molar-refractivity contribution in [1.29, 1.82) is 0 Å². The zero-order chi connectivity index (χ0) is 20.5. The van der Waals surface area contributed by atoms with Gasteiger partial charge in [0.05, 0.1) is 13.2 Å². The molecule has 0 aliphatic carbocycles.